The average Bonchev–Trinajstić information content (AvgIpc) is 2.19. The number of quaternary nitrogens is 1. The molecule has 0 bridgehead atoms. The number of hydrogen-bond donors (Lipinski definition) is 2. The number of benzene rings is 1. The first-order valence-electron chi connectivity index (χ1n) is 4.05. The van der Waals surface area contributed by atoms with Gasteiger partial charge < -0.3 is 0 Å². The summed E-state index contributed by atoms with van der Waals surface area (Å²) in [5, 5.41) is 18.8. The van der Waals surface area contributed by atoms with Crippen LogP contribution >= 0.6 is 0 Å². The first kappa shape index (κ1) is 11.1. The Kier molecular flexibility index (Phi) is 2.91. The summed E-state index contributed by atoms with van der Waals surface area (Å²) in [5.41, 5.74) is -0.102. The summed E-state index contributed by atoms with van der Waals surface area (Å²) in [5.74, 6) is -0.352. The molecule has 0 amide bonds. The van der Waals surface area contributed by atoms with Crippen LogP contribution in [0.15, 0.2) is 30.3 Å². The Hall–Kier alpha value is -0.950. The molecular weight excluding hydrogens is 206 g/mol. The smallest absolute Gasteiger partial charge is 0.167 e. The van der Waals surface area contributed by atoms with Crippen LogP contribution < -0.4 is 4.21 Å². The van der Waals surface area contributed by atoms with Gasteiger partial charge in [0.2, 0.25) is 5.69 Å². The van der Waals surface area contributed by atoms with Gasteiger partial charge in [-0.25, -0.2) is 0 Å². The first-order valence-corrected chi connectivity index (χ1v) is 5.66. The molecule has 1 aromatic carbocycles. The van der Waals surface area contributed by atoms with Crippen molar-refractivity contribution < 1.29 is 18.8 Å². The Labute approximate surface area is 82.4 Å². The Morgan fingerprint density at radius 2 is 1.71 bits per heavy atom. The fraction of sp³-hybridized carbons (Fsp3) is 0.250. The zero-order chi connectivity index (χ0) is 10.8. The van der Waals surface area contributed by atoms with Crippen molar-refractivity contribution in [3.05, 3.63) is 30.3 Å². The van der Waals surface area contributed by atoms with Crippen LogP contribution in [0.5, 0.6) is 0 Å². The quantitative estimate of drug-likeness (QED) is 0.589. The summed E-state index contributed by atoms with van der Waals surface area (Å²) in [6.45, 7) is 1.34. The highest BCUT2D eigenvalue weighted by Gasteiger charge is 2.41. The van der Waals surface area contributed by atoms with Gasteiger partial charge >= 0.3 is 10.0 Å². The monoisotopic (exact) mass is 218 g/mol. The summed E-state index contributed by atoms with van der Waals surface area (Å²) in [4.78, 5) is 0. The zero-order valence-electron chi connectivity index (χ0n) is 7.66. The van der Waals surface area contributed by atoms with E-state index in [4.69, 9.17) is 0 Å². The molecule has 0 aromatic heterocycles. The van der Waals surface area contributed by atoms with Crippen LogP contribution in [0.1, 0.15) is 6.92 Å². The second kappa shape index (κ2) is 3.66. The van der Waals surface area contributed by atoms with Gasteiger partial charge in [0.25, 0.3) is 0 Å². The maximum absolute atomic E-state index is 11.3. The maximum atomic E-state index is 11.3. The van der Waals surface area contributed by atoms with Gasteiger partial charge in [-0.3, -0.25) is 0 Å². The fourth-order valence-electron chi connectivity index (χ4n) is 0.963. The highest BCUT2D eigenvalue weighted by molar-refractivity contribution is 7.90. The lowest BCUT2D eigenvalue weighted by atomic mass is 10.3. The van der Waals surface area contributed by atoms with Gasteiger partial charge in [0.15, 0.2) is 0 Å². The Morgan fingerprint density at radius 3 is 2.14 bits per heavy atom. The van der Waals surface area contributed by atoms with Crippen molar-refractivity contribution in [3.63, 3.8) is 0 Å². The van der Waals surface area contributed by atoms with Gasteiger partial charge in [-0.1, -0.05) is 18.2 Å². The summed E-state index contributed by atoms with van der Waals surface area (Å²) >= 11 is 0. The molecule has 6 heteroatoms. The third-order valence-corrected chi connectivity index (χ3v) is 3.56. The second-order valence-corrected chi connectivity index (χ2v) is 5.00. The summed E-state index contributed by atoms with van der Waals surface area (Å²) < 4.78 is 20.5. The van der Waals surface area contributed by atoms with Crippen molar-refractivity contribution in [3.8, 4) is 0 Å². The third kappa shape index (κ3) is 1.78. The highest BCUT2D eigenvalue weighted by Crippen LogP contribution is 2.21. The lowest BCUT2D eigenvalue weighted by molar-refractivity contribution is -0.212. The number of hydrogen-bond acceptors (Lipinski definition) is 4. The minimum atomic E-state index is -4.00. The van der Waals surface area contributed by atoms with Crippen LogP contribution in [0.25, 0.3) is 0 Å². The SMILES string of the molecule is CCS(=O)(=O)[N+](O)(O)c1ccccc1. The van der Waals surface area contributed by atoms with E-state index in [9.17, 15) is 18.8 Å². The topological polar surface area (TPSA) is 74.6 Å². The highest BCUT2D eigenvalue weighted by atomic mass is 32.2. The van der Waals surface area contributed by atoms with Crippen LogP contribution in [-0.2, 0) is 10.0 Å². The van der Waals surface area contributed by atoms with Gasteiger partial charge in [0.1, 0.15) is 5.75 Å². The predicted molar refractivity (Wildman–Crippen MR) is 51.3 cm³/mol. The van der Waals surface area contributed by atoms with Crippen LogP contribution in [0.4, 0.5) is 5.69 Å². The van der Waals surface area contributed by atoms with E-state index in [-0.39, 0.29) is 11.4 Å². The van der Waals surface area contributed by atoms with Gasteiger partial charge in [-0.05, 0) is 6.92 Å². The molecular formula is C8H12NO4S+. The van der Waals surface area contributed by atoms with Gasteiger partial charge in [0.05, 0.1) is 4.21 Å². The standard InChI is InChI=1S/C8H12NO4S/c1-2-14(12,13)9(10,11)8-6-4-3-5-7-8/h3-7,10-11H,2H2,1H3/q+1. The number of nitrogens with zero attached hydrogens (tertiary/aromatic N) is 1. The zero-order valence-corrected chi connectivity index (χ0v) is 8.48. The molecule has 0 aliphatic heterocycles. The molecule has 0 radical (unpaired) electrons. The minimum Gasteiger partial charge on any atom is -0.167 e. The first-order chi connectivity index (χ1) is 6.42. The molecule has 1 rings (SSSR count). The van der Waals surface area contributed by atoms with Gasteiger partial charge in [0, 0.05) is 12.1 Å². The van der Waals surface area contributed by atoms with Crippen molar-refractivity contribution in [2.45, 2.75) is 6.92 Å². The molecule has 0 saturated carbocycles. The summed E-state index contributed by atoms with van der Waals surface area (Å²) in [6.07, 6.45) is 0. The Balaban J connectivity index is 3.22. The van der Waals surface area contributed by atoms with E-state index >= 15 is 0 Å². The van der Waals surface area contributed by atoms with E-state index in [1.807, 2.05) is 0 Å². The van der Waals surface area contributed by atoms with E-state index in [1.54, 1.807) is 6.07 Å². The van der Waals surface area contributed by atoms with Crippen molar-refractivity contribution >= 4 is 15.7 Å². The van der Waals surface area contributed by atoms with Crippen molar-refractivity contribution in [1.82, 2.24) is 4.21 Å². The molecule has 0 heterocycles. The Morgan fingerprint density at radius 1 is 1.21 bits per heavy atom. The number of rotatable bonds is 3. The van der Waals surface area contributed by atoms with E-state index in [1.165, 1.54) is 31.2 Å². The fourth-order valence-corrected chi connectivity index (χ4v) is 1.77. The van der Waals surface area contributed by atoms with Crippen LogP contribution in [0.3, 0.4) is 0 Å². The van der Waals surface area contributed by atoms with Gasteiger partial charge in [-0.2, -0.15) is 18.8 Å². The molecule has 1 aromatic rings. The van der Waals surface area contributed by atoms with Gasteiger partial charge in [-0.15, -0.1) is 0 Å². The van der Waals surface area contributed by atoms with E-state index in [0.29, 0.717) is 0 Å². The normalized spacial score (nSPS) is 12.8. The van der Waals surface area contributed by atoms with Crippen molar-refractivity contribution in [2.24, 2.45) is 0 Å². The lowest BCUT2D eigenvalue weighted by Crippen LogP contribution is -2.48. The van der Waals surface area contributed by atoms with E-state index in [0.717, 1.165) is 0 Å². The molecule has 0 unspecified atom stereocenters. The molecule has 0 aliphatic carbocycles. The van der Waals surface area contributed by atoms with E-state index in [2.05, 4.69) is 0 Å². The lowest BCUT2D eigenvalue weighted by Gasteiger charge is -2.18. The molecule has 0 spiro atoms. The second-order valence-electron chi connectivity index (χ2n) is 2.75. The molecule has 0 aliphatic rings. The summed E-state index contributed by atoms with van der Waals surface area (Å²) in [6, 6.07) is 7.36. The number of para-hydroxylation sites is 1. The predicted octanol–water partition coefficient (Wildman–Crippen LogP) is 1.12. The third-order valence-electron chi connectivity index (χ3n) is 1.85. The van der Waals surface area contributed by atoms with Crippen LogP contribution in [0, 0.1) is 0 Å². The molecule has 14 heavy (non-hydrogen) atoms. The molecule has 0 atom stereocenters. The Bertz CT molecular complexity index is 399. The van der Waals surface area contributed by atoms with Crippen molar-refractivity contribution in [2.75, 3.05) is 5.75 Å². The van der Waals surface area contributed by atoms with Crippen LogP contribution in [0.2, 0.25) is 0 Å². The molecule has 0 fully saturated rings. The minimum absolute atomic E-state index is 0.102. The maximum Gasteiger partial charge on any atom is 0.362 e. The molecule has 78 valence electrons. The average molecular weight is 218 g/mol. The van der Waals surface area contributed by atoms with Crippen LogP contribution in [-0.4, -0.2) is 24.6 Å². The summed E-state index contributed by atoms with van der Waals surface area (Å²) in [7, 11) is -4.00. The number of sulfonamides is 1. The van der Waals surface area contributed by atoms with Crippen molar-refractivity contribution in [1.29, 1.82) is 0 Å². The molecule has 0 saturated heterocycles. The molecule has 2 N–H and O–H groups in total. The molecule has 5 nitrogen and oxygen atoms in total. The largest absolute Gasteiger partial charge is 0.362 e. The van der Waals surface area contributed by atoms with E-state index < -0.39 is 14.2 Å².